The molecule has 3 aromatic heterocycles. The van der Waals surface area contributed by atoms with Crippen LogP contribution in [0.2, 0.25) is 0 Å². The molecule has 12 rings (SSSR count). The Hall–Kier alpha value is -6.00. The summed E-state index contributed by atoms with van der Waals surface area (Å²) in [4.78, 5) is 0. The van der Waals surface area contributed by atoms with Crippen molar-refractivity contribution >= 4 is 117 Å². The molecule has 9 aromatic carbocycles. The van der Waals surface area contributed by atoms with E-state index in [2.05, 4.69) is 152 Å². The molecule has 236 valence electrons. The van der Waals surface area contributed by atoms with Crippen LogP contribution in [0.1, 0.15) is 0 Å². The van der Waals surface area contributed by atoms with Crippen LogP contribution in [-0.2, 0) is 0 Å². The van der Waals surface area contributed by atoms with E-state index >= 15 is 0 Å². The highest BCUT2D eigenvalue weighted by molar-refractivity contribution is 7.26. The van der Waals surface area contributed by atoms with Gasteiger partial charge in [0.15, 0.2) is 0 Å². The summed E-state index contributed by atoms with van der Waals surface area (Å²) in [7, 11) is 0. The predicted octanol–water partition coefficient (Wildman–Crippen LogP) is 15.1. The predicted molar refractivity (Wildman–Crippen MR) is 223 cm³/mol. The smallest absolute Gasteiger partial charge is 0.136 e. The molecule has 0 N–H and O–H groups in total. The first kappa shape index (κ1) is 27.8. The minimum absolute atomic E-state index is 0.936. The van der Waals surface area contributed by atoms with Gasteiger partial charge in [-0.2, -0.15) is 0 Å². The second-order valence-electron chi connectivity index (χ2n) is 13.6. The zero-order valence-corrected chi connectivity index (χ0v) is 28.9. The van der Waals surface area contributed by atoms with Crippen molar-refractivity contribution in [3.63, 3.8) is 0 Å². The van der Waals surface area contributed by atoms with Crippen molar-refractivity contribution in [1.29, 1.82) is 0 Å². The van der Waals surface area contributed by atoms with Crippen molar-refractivity contribution in [1.82, 2.24) is 0 Å². The van der Waals surface area contributed by atoms with Gasteiger partial charge in [-0.1, -0.05) is 103 Å². The number of para-hydroxylation sites is 1. The first-order chi connectivity index (χ1) is 25.2. The molecule has 0 saturated heterocycles. The zero-order chi connectivity index (χ0) is 33.2. The largest absolute Gasteiger partial charge is 0.456 e. The highest BCUT2D eigenvalue weighted by Crippen LogP contribution is 2.47. The van der Waals surface area contributed by atoms with Gasteiger partial charge in [0, 0.05) is 51.1 Å². The Labute approximate surface area is 300 Å². The third kappa shape index (κ3) is 3.96. The van der Waals surface area contributed by atoms with E-state index in [0.717, 1.165) is 16.6 Å². The van der Waals surface area contributed by atoms with Crippen molar-refractivity contribution in [3.8, 4) is 22.3 Å². The Kier molecular flexibility index (Phi) is 5.59. The minimum atomic E-state index is 0.936. The van der Waals surface area contributed by atoms with Gasteiger partial charge in [-0.25, -0.2) is 0 Å². The summed E-state index contributed by atoms with van der Waals surface area (Å²) in [6, 6.07) is 58.4. The summed E-state index contributed by atoms with van der Waals surface area (Å²) in [6.45, 7) is 0. The van der Waals surface area contributed by atoms with E-state index in [0.29, 0.717) is 0 Å². The van der Waals surface area contributed by atoms with Crippen LogP contribution < -0.4 is 0 Å². The molecule has 0 atom stereocenters. The van der Waals surface area contributed by atoms with Crippen LogP contribution in [0.4, 0.5) is 0 Å². The zero-order valence-electron chi connectivity index (χ0n) is 27.2. The molecular formula is C48H26OS2. The number of hydrogen-bond donors (Lipinski definition) is 0. The normalized spacial score (nSPS) is 12.3. The molecular weight excluding hydrogens is 657 g/mol. The lowest BCUT2D eigenvalue weighted by molar-refractivity contribution is 0.669. The van der Waals surface area contributed by atoms with Gasteiger partial charge in [-0.3, -0.25) is 0 Å². The van der Waals surface area contributed by atoms with E-state index in [-0.39, 0.29) is 0 Å². The molecule has 0 radical (unpaired) electrons. The second kappa shape index (κ2) is 10.3. The number of fused-ring (bicyclic) bond motifs is 12. The summed E-state index contributed by atoms with van der Waals surface area (Å²) >= 11 is 3.75. The molecule has 3 heterocycles. The molecule has 3 heteroatoms. The summed E-state index contributed by atoms with van der Waals surface area (Å²) in [5, 5.41) is 15.2. The number of rotatable bonds is 2. The van der Waals surface area contributed by atoms with Gasteiger partial charge in [-0.15, -0.1) is 22.7 Å². The summed E-state index contributed by atoms with van der Waals surface area (Å²) in [5.41, 5.74) is 6.98. The fourth-order valence-electron chi connectivity index (χ4n) is 8.53. The Morgan fingerprint density at radius 3 is 1.55 bits per heavy atom. The molecule has 0 saturated carbocycles. The maximum absolute atomic E-state index is 6.24. The summed E-state index contributed by atoms with van der Waals surface area (Å²) < 4.78 is 11.5. The van der Waals surface area contributed by atoms with Crippen molar-refractivity contribution in [3.05, 3.63) is 158 Å². The number of benzene rings is 9. The first-order valence-electron chi connectivity index (χ1n) is 17.3. The molecule has 0 fully saturated rings. The van der Waals surface area contributed by atoms with Gasteiger partial charge in [0.25, 0.3) is 0 Å². The number of thiophene rings is 2. The third-order valence-corrected chi connectivity index (χ3v) is 13.1. The molecule has 0 aliphatic heterocycles. The van der Waals surface area contributed by atoms with E-state index in [1.54, 1.807) is 0 Å². The maximum atomic E-state index is 6.24. The van der Waals surface area contributed by atoms with Crippen molar-refractivity contribution in [2.75, 3.05) is 0 Å². The fourth-order valence-corrected chi connectivity index (χ4v) is 10.8. The van der Waals surface area contributed by atoms with Crippen LogP contribution in [0.15, 0.2) is 162 Å². The van der Waals surface area contributed by atoms with Crippen LogP contribution in [0, 0.1) is 0 Å². The van der Waals surface area contributed by atoms with Crippen LogP contribution in [0.25, 0.3) is 117 Å². The Bertz CT molecular complexity index is 3370. The first-order valence-corrected chi connectivity index (χ1v) is 19.0. The Balaban J connectivity index is 1.10. The minimum Gasteiger partial charge on any atom is -0.456 e. The molecule has 0 bridgehead atoms. The van der Waals surface area contributed by atoms with Gasteiger partial charge >= 0.3 is 0 Å². The van der Waals surface area contributed by atoms with Gasteiger partial charge in [-0.05, 0) is 109 Å². The highest BCUT2D eigenvalue weighted by atomic mass is 32.1. The lowest BCUT2D eigenvalue weighted by atomic mass is 9.85. The van der Waals surface area contributed by atoms with Crippen LogP contribution in [-0.4, -0.2) is 0 Å². The molecule has 51 heavy (non-hydrogen) atoms. The van der Waals surface area contributed by atoms with Gasteiger partial charge in [0.2, 0.25) is 0 Å². The molecule has 1 nitrogen and oxygen atoms in total. The average Bonchev–Trinajstić information content (AvgIpc) is 3.85. The van der Waals surface area contributed by atoms with Crippen molar-refractivity contribution < 1.29 is 4.42 Å². The SMILES string of the molecule is c1ccc2c(c1)oc1cc3cc4sc5ccc(-c6c7ccccc7c(-c7ccc8c(c7)sc7ccccc78)c7ccccc67)cc5c4cc3cc12. The molecule has 12 aromatic rings. The molecule has 0 unspecified atom stereocenters. The quantitative estimate of drug-likeness (QED) is 0.165. The Morgan fingerprint density at radius 1 is 0.294 bits per heavy atom. The van der Waals surface area contributed by atoms with E-state index in [4.69, 9.17) is 4.42 Å². The lowest BCUT2D eigenvalue weighted by Crippen LogP contribution is -1.90. The second-order valence-corrected chi connectivity index (χ2v) is 15.8. The van der Waals surface area contributed by atoms with Gasteiger partial charge < -0.3 is 4.42 Å². The molecule has 0 spiro atoms. The maximum Gasteiger partial charge on any atom is 0.136 e. The number of hydrogen-bond acceptors (Lipinski definition) is 3. The summed E-state index contributed by atoms with van der Waals surface area (Å²) in [5.74, 6) is 0. The molecule has 0 amide bonds. The third-order valence-electron chi connectivity index (χ3n) is 10.8. The molecule has 0 aliphatic rings. The van der Waals surface area contributed by atoms with E-state index in [1.165, 1.54) is 100 Å². The van der Waals surface area contributed by atoms with Crippen molar-refractivity contribution in [2.24, 2.45) is 0 Å². The average molecular weight is 683 g/mol. The van der Waals surface area contributed by atoms with Crippen LogP contribution in [0.5, 0.6) is 0 Å². The van der Waals surface area contributed by atoms with Crippen LogP contribution >= 0.6 is 22.7 Å². The topological polar surface area (TPSA) is 13.1 Å². The fraction of sp³-hybridized carbons (Fsp3) is 0. The highest BCUT2D eigenvalue weighted by Gasteiger charge is 2.19. The summed E-state index contributed by atoms with van der Waals surface area (Å²) in [6.07, 6.45) is 0. The Morgan fingerprint density at radius 2 is 0.804 bits per heavy atom. The number of furan rings is 1. The monoisotopic (exact) mass is 682 g/mol. The van der Waals surface area contributed by atoms with E-state index < -0.39 is 0 Å². The van der Waals surface area contributed by atoms with E-state index in [1.807, 2.05) is 28.7 Å². The van der Waals surface area contributed by atoms with Crippen LogP contribution in [0.3, 0.4) is 0 Å². The lowest BCUT2D eigenvalue weighted by Gasteiger charge is -2.18. The van der Waals surface area contributed by atoms with E-state index in [9.17, 15) is 0 Å². The molecule has 0 aliphatic carbocycles. The standard InChI is InChI=1S/C48H26OS2/c1-3-13-36-34(11-1)47(35-12-2-4-14-37(35)48(36)28-17-19-33-32-10-6-8-16-43(32)50-45(33)25-28)27-18-20-44-39(21-27)40-23-29-22-38-31-9-5-7-15-41(31)49-42(38)24-30(29)26-46(40)51-44/h1-26H. The van der Waals surface area contributed by atoms with Crippen molar-refractivity contribution in [2.45, 2.75) is 0 Å². The van der Waals surface area contributed by atoms with Gasteiger partial charge in [0.05, 0.1) is 0 Å². The van der Waals surface area contributed by atoms with Gasteiger partial charge in [0.1, 0.15) is 11.2 Å².